The van der Waals surface area contributed by atoms with Crippen LogP contribution in [0.25, 0.3) is 0 Å². The highest BCUT2D eigenvalue weighted by atomic mass is 35.5. The largest absolute Gasteiger partial charge is 0.465 e. The first-order valence-corrected chi connectivity index (χ1v) is 8.03. The van der Waals surface area contributed by atoms with Crippen molar-refractivity contribution < 1.29 is 19.4 Å². The summed E-state index contributed by atoms with van der Waals surface area (Å²) < 4.78 is 5.58. The van der Waals surface area contributed by atoms with Crippen LogP contribution in [-0.4, -0.2) is 46.7 Å². The third-order valence-corrected chi connectivity index (χ3v) is 4.07. The zero-order valence-corrected chi connectivity index (χ0v) is 13.9. The van der Waals surface area contributed by atoms with Crippen LogP contribution in [0.2, 0.25) is 5.02 Å². The van der Waals surface area contributed by atoms with Crippen molar-refractivity contribution >= 4 is 29.3 Å². The number of nitrogens with one attached hydrogen (secondary N) is 1. The molecule has 2 amide bonds. The van der Waals surface area contributed by atoms with Crippen molar-refractivity contribution in [1.29, 1.82) is 0 Å². The molecule has 0 bridgehead atoms. The van der Waals surface area contributed by atoms with E-state index in [0.29, 0.717) is 35.1 Å². The fourth-order valence-corrected chi connectivity index (χ4v) is 2.60. The Labute approximate surface area is 149 Å². The molecule has 130 valence electrons. The van der Waals surface area contributed by atoms with E-state index in [-0.39, 0.29) is 12.5 Å². The summed E-state index contributed by atoms with van der Waals surface area (Å²) >= 11 is 5.80. The monoisotopic (exact) mass is 361 g/mol. The van der Waals surface area contributed by atoms with Crippen molar-refractivity contribution in [2.75, 3.05) is 25.0 Å². The molecule has 0 radical (unpaired) electrons. The lowest BCUT2D eigenvalue weighted by Crippen LogP contribution is -2.41. The van der Waals surface area contributed by atoms with Gasteiger partial charge in [-0.3, -0.25) is 9.78 Å². The Morgan fingerprint density at radius 2 is 2.00 bits per heavy atom. The van der Waals surface area contributed by atoms with E-state index in [1.165, 1.54) is 11.1 Å². The summed E-state index contributed by atoms with van der Waals surface area (Å²) in [6.45, 7) is 0.910. The molecule has 1 saturated heterocycles. The van der Waals surface area contributed by atoms with E-state index < -0.39 is 12.2 Å². The third kappa shape index (κ3) is 4.26. The van der Waals surface area contributed by atoms with Crippen molar-refractivity contribution in [3.05, 3.63) is 58.9 Å². The lowest BCUT2D eigenvalue weighted by atomic mass is 10.2. The van der Waals surface area contributed by atoms with Crippen molar-refractivity contribution in [3.63, 3.8) is 0 Å². The summed E-state index contributed by atoms with van der Waals surface area (Å²) in [6, 6.07) is 9.98. The lowest BCUT2D eigenvalue weighted by Gasteiger charge is -2.30. The van der Waals surface area contributed by atoms with Gasteiger partial charge >= 0.3 is 6.09 Å². The Balaban J connectivity index is 1.65. The molecule has 1 atom stereocenters. The first-order valence-electron chi connectivity index (χ1n) is 7.65. The average Bonchev–Trinajstić information content (AvgIpc) is 2.63. The van der Waals surface area contributed by atoms with E-state index in [1.807, 2.05) is 0 Å². The van der Waals surface area contributed by atoms with E-state index >= 15 is 0 Å². The molecular weight excluding hydrogens is 346 g/mol. The van der Waals surface area contributed by atoms with Crippen LogP contribution in [0.4, 0.5) is 10.5 Å². The number of aromatic nitrogens is 1. The Bertz CT molecular complexity index is 764. The predicted molar refractivity (Wildman–Crippen MR) is 91.9 cm³/mol. The van der Waals surface area contributed by atoms with Crippen LogP contribution in [0, 0.1) is 0 Å². The number of carboxylic acid groups (broad SMARTS) is 1. The summed E-state index contributed by atoms with van der Waals surface area (Å²) in [5.74, 6) is -0.266. The molecule has 1 aromatic heterocycles. The second-order valence-electron chi connectivity index (χ2n) is 5.52. The number of carbonyl (C=O) groups is 2. The second-order valence-corrected chi connectivity index (χ2v) is 5.96. The fraction of sp³-hybridized carbons (Fsp3) is 0.235. The van der Waals surface area contributed by atoms with E-state index in [2.05, 4.69) is 10.3 Å². The number of hydrogen-bond acceptors (Lipinski definition) is 4. The second kappa shape index (κ2) is 7.50. The van der Waals surface area contributed by atoms with Crippen molar-refractivity contribution in [3.8, 4) is 0 Å². The number of halogens is 1. The highest BCUT2D eigenvalue weighted by Gasteiger charge is 2.25. The number of pyridine rings is 1. The number of hydrogen-bond donors (Lipinski definition) is 2. The van der Waals surface area contributed by atoms with Gasteiger partial charge in [-0.25, -0.2) is 4.79 Å². The van der Waals surface area contributed by atoms with E-state index in [1.54, 1.807) is 36.4 Å². The topological polar surface area (TPSA) is 91.8 Å². The number of benzene rings is 1. The average molecular weight is 362 g/mol. The Kier molecular flexibility index (Phi) is 5.16. The molecule has 2 N–H and O–H groups in total. The van der Waals surface area contributed by atoms with Gasteiger partial charge in [0.05, 0.1) is 30.7 Å². The number of rotatable bonds is 3. The maximum Gasteiger partial charge on any atom is 0.407 e. The fourth-order valence-electron chi connectivity index (χ4n) is 2.48. The van der Waals surface area contributed by atoms with Gasteiger partial charge in [0.1, 0.15) is 6.10 Å². The normalized spacial score (nSPS) is 17.2. The van der Waals surface area contributed by atoms with Crippen LogP contribution in [0.3, 0.4) is 0 Å². The molecule has 2 aromatic rings. The van der Waals surface area contributed by atoms with Gasteiger partial charge in [0.15, 0.2) is 0 Å². The quantitative estimate of drug-likeness (QED) is 0.876. The van der Waals surface area contributed by atoms with Crippen LogP contribution in [-0.2, 0) is 4.74 Å². The molecule has 0 saturated carbocycles. The van der Waals surface area contributed by atoms with Gasteiger partial charge in [-0.15, -0.1) is 0 Å². The van der Waals surface area contributed by atoms with Gasteiger partial charge in [-0.2, -0.15) is 0 Å². The summed E-state index contributed by atoms with van der Waals surface area (Å²) in [6.07, 6.45) is 0.137. The summed E-state index contributed by atoms with van der Waals surface area (Å²) in [7, 11) is 0. The summed E-state index contributed by atoms with van der Waals surface area (Å²) in [5.41, 5.74) is 1.64. The highest BCUT2D eigenvalue weighted by Crippen LogP contribution is 2.22. The van der Waals surface area contributed by atoms with Crippen LogP contribution in [0.15, 0.2) is 42.6 Å². The minimum atomic E-state index is -0.972. The first-order chi connectivity index (χ1) is 12.0. The lowest BCUT2D eigenvalue weighted by molar-refractivity contribution is -0.0252. The van der Waals surface area contributed by atoms with Gasteiger partial charge in [0.25, 0.3) is 5.91 Å². The first kappa shape index (κ1) is 17.2. The molecule has 1 unspecified atom stereocenters. The zero-order valence-electron chi connectivity index (χ0n) is 13.2. The number of amides is 2. The van der Waals surface area contributed by atoms with Gasteiger partial charge in [0.2, 0.25) is 0 Å². The number of nitrogens with zero attached hydrogens (tertiary/aromatic N) is 2. The Hall–Kier alpha value is -2.64. The van der Waals surface area contributed by atoms with Crippen molar-refractivity contribution in [1.82, 2.24) is 9.88 Å². The van der Waals surface area contributed by atoms with Crippen LogP contribution >= 0.6 is 11.6 Å². The molecule has 1 fully saturated rings. The summed E-state index contributed by atoms with van der Waals surface area (Å²) in [5, 5.41) is 12.4. The van der Waals surface area contributed by atoms with E-state index in [4.69, 9.17) is 21.4 Å². The third-order valence-electron chi connectivity index (χ3n) is 3.82. The molecule has 7 nitrogen and oxygen atoms in total. The molecule has 2 heterocycles. The Morgan fingerprint density at radius 3 is 2.64 bits per heavy atom. The molecule has 1 aliphatic rings. The number of ether oxygens (including phenoxy) is 1. The molecule has 0 aliphatic carbocycles. The number of morpholine rings is 1. The minimum Gasteiger partial charge on any atom is -0.465 e. The zero-order chi connectivity index (χ0) is 17.8. The number of anilines is 1. The maximum absolute atomic E-state index is 12.2. The Morgan fingerprint density at radius 1 is 1.24 bits per heavy atom. The van der Waals surface area contributed by atoms with Gasteiger partial charge in [-0.1, -0.05) is 11.6 Å². The standard InChI is InChI=1S/C17H16ClN3O4/c18-12-3-1-11(2-4-12)16(22)20-13-5-6-14(19-9-13)15-10-21(17(23)24)7-8-25-15/h1-6,9,15H,7-8,10H2,(H,20,22)(H,23,24). The molecule has 1 aromatic carbocycles. The predicted octanol–water partition coefficient (Wildman–Crippen LogP) is 3.04. The SMILES string of the molecule is O=C(Nc1ccc(C2CN(C(=O)O)CCO2)nc1)c1ccc(Cl)cc1. The van der Waals surface area contributed by atoms with Gasteiger partial charge < -0.3 is 20.1 Å². The van der Waals surface area contributed by atoms with Crippen molar-refractivity contribution in [2.24, 2.45) is 0 Å². The van der Waals surface area contributed by atoms with Crippen molar-refractivity contribution in [2.45, 2.75) is 6.10 Å². The van der Waals surface area contributed by atoms with Gasteiger partial charge in [0, 0.05) is 17.1 Å². The molecule has 8 heteroatoms. The maximum atomic E-state index is 12.2. The molecule has 25 heavy (non-hydrogen) atoms. The van der Waals surface area contributed by atoms with Crippen LogP contribution < -0.4 is 5.32 Å². The minimum absolute atomic E-state index is 0.235. The highest BCUT2D eigenvalue weighted by molar-refractivity contribution is 6.30. The van der Waals surface area contributed by atoms with Gasteiger partial charge in [-0.05, 0) is 36.4 Å². The van der Waals surface area contributed by atoms with E-state index in [0.717, 1.165) is 0 Å². The molecule has 1 aliphatic heterocycles. The van der Waals surface area contributed by atoms with E-state index in [9.17, 15) is 9.59 Å². The molecule has 0 spiro atoms. The van der Waals surface area contributed by atoms with Crippen LogP contribution in [0.1, 0.15) is 22.2 Å². The smallest absolute Gasteiger partial charge is 0.407 e. The number of carbonyl (C=O) groups excluding carboxylic acids is 1. The molecular formula is C17H16ClN3O4. The molecule has 3 rings (SSSR count). The van der Waals surface area contributed by atoms with Crippen LogP contribution in [0.5, 0.6) is 0 Å². The summed E-state index contributed by atoms with van der Waals surface area (Å²) in [4.78, 5) is 28.8.